The van der Waals surface area contributed by atoms with Crippen molar-refractivity contribution in [2.45, 2.75) is 19.4 Å². The van der Waals surface area contributed by atoms with Gasteiger partial charge >= 0.3 is 0 Å². The van der Waals surface area contributed by atoms with Gasteiger partial charge in [-0.25, -0.2) is 8.42 Å². The number of nitrogens with one attached hydrogen (secondary N) is 1. The van der Waals surface area contributed by atoms with Crippen molar-refractivity contribution >= 4 is 32.4 Å². The van der Waals surface area contributed by atoms with E-state index in [-0.39, 0.29) is 23.6 Å². The highest BCUT2D eigenvalue weighted by Crippen LogP contribution is 2.25. The first-order chi connectivity index (χ1) is 11.9. The highest BCUT2D eigenvalue weighted by atomic mass is 32.2. The minimum Gasteiger partial charge on any atom is -0.497 e. The summed E-state index contributed by atoms with van der Waals surface area (Å²) in [5.41, 5.74) is 0.988. The van der Waals surface area contributed by atoms with Gasteiger partial charge in [-0.15, -0.1) is 0 Å². The van der Waals surface area contributed by atoms with Gasteiger partial charge in [0.25, 0.3) is 11.7 Å². The first kappa shape index (κ1) is 17.5. The maximum absolute atomic E-state index is 12.7. The molecule has 0 radical (unpaired) electrons. The minimum atomic E-state index is -3.14. The van der Waals surface area contributed by atoms with Crippen molar-refractivity contribution in [2.75, 3.05) is 25.2 Å². The number of methoxy groups -OCH3 is 1. The summed E-state index contributed by atoms with van der Waals surface area (Å²) in [6.45, 7) is 2.03. The molecule has 0 spiro atoms. The quantitative estimate of drug-likeness (QED) is 0.639. The Hall–Kier alpha value is -2.35. The lowest BCUT2D eigenvalue weighted by Crippen LogP contribution is -2.44. The van der Waals surface area contributed by atoms with E-state index in [1.165, 1.54) is 18.2 Å². The Morgan fingerprint density at radius 3 is 2.72 bits per heavy atom. The van der Waals surface area contributed by atoms with Gasteiger partial charge in [0, 0.05) is 29.7 Å². The molecule has 2 aromatic rings. The molecule has 1 fully saturated rings. The molecule has 8 heteroatoms. The number of hydrogen-bond donors (Lipinski definition) is 1. The van der Waals surface area contributed by atoms with Crippen LogP contribution in [0, 0.1) is 0 Å². The van der Waals surface area contributed by atoms with Crippen LogP contribution in [0.4, 0.5) is 0 Å². The molecule has 0 aliphatic carbocycles. The van der Waals surface area contributed by atoms with Crippen molar-refractivity contribution in [3.05, 3.63) is 30.0 Å². The van der Waals surface area contributed by atoms with Gasteiger partial charge in [-0.1, -0.05) is 0 Å². The number of carbonyl (C=O) groups excluding carboxylic acids is 2. The first-order valence-corrected chi connectivity index (χ1v) is 9.89. The summed E-state index contributed by atoms with van der Waals surface area (Å²) in [6, 6.07) is 4.79. The number of benzene rings is 1. The molecule has 1 aliphatic rings. The smallest absolute Gasteiger partial charge is 0.295 e. The van der Waals surface area contributed by atoms with E-state index in [9.17, 15) is 18.0 Å². The number of Topliss-reactive ketones (excluding diaryl/α,β-unsaturated/α-hetero) is 1. The van der Waals surface area contributed by atoms with E-state index in [4.69, 9.17) is 4.74 Å². The SMILES string of the molecule is CCN(C(=O)C(=O)c1c[nH]c2ccc(OC)cc12)C1CCS(=O)(=O)C1. The Morgan fingerprint density at radius 2 is 2.12 bits per heavy atom. The number of ketones is 1. The van der Waals surface area contributed by atoms with E-state index in [0.717, 1.165) is 5.52 Å². The second-order valence-electron chi connectivity index (χ2n) is 6.09. The van der Waals surface area contributed by atoms with Gasteiger partial charge in [0.05, 0.1) is 24.2 Å². The van der Waals surface area contributed by atoms with E-state index in [1.54, 1.807) is 25.1 Å². The monoisotopic (exact) mass is 364 g/mol. The van der Waals surface area contributed by atoms with E-state index in [1.807, 2.05) is 0 Å². The number of sulfone groups is 1. The molecular formula is C17H20N2O5S. The first-order valence-electron chi connectivity index (χ1n) is 8.07. The molecule has 1 amide bonds. The standard InChI is InChI=1S/C17H20N2O5S/c1-3-19(11-6-7-25(22,23)10-11)17(21)16(20)14-9-18-15-5-4-12(24-2)8-13(14)15/h4-5,8-9,11,18H,3,6-7,10H2,1-2H3. The third-order valence-corrected chi connectivity index (χ3v) is 6.33. The number of hydrogen-bond acceptors (Lipinski definition) is 5. The molecule has 2 heterocycles. The van der Waals surface area contributed by atoms with Crippen LogP contribution in [0.15, 0.2) is 24.4 Å². The molecule has 0 bridgehead atoms. The van der Waals surface area contributed by atoms with Gasteiger partial charge in [0.15, 0.2) is 9.84 Å². The van der Waals surface area contributed by atoms with Crippen LogP contribution in [0.3, 0.4) is 0 Å². The van der Waals surface area contributed by atoms with Gasteiger partial charge in [-0.2, -0.15) is 0 Å². The summed E-state index contributed by atoms with van der Waals surface area (Å²) in [4.78, 5) is 29.8. The molecule has 1 aliphatic heterocycles. The van der Waals surface area contributed by atoms with E-state index in [0.29, 0.717) is 17.6 Å². The van der Waals surface area contributed by atoms with Crippen LogP contribution >= 0.6 is 0 Å². The molecule has 134 valence electrons. The molecule has 1 saturated heterocycles. The van der Waals surface area contributed by atoms with E-state index < -0.39 is 27.6 Å². The number of amides is 1. The number of rotatable bonds is 5. The van der Waals surface area contributed by atoms with Gasteiger partial charge in [0.2, 0.25) is 0 Å². The summed E-state index contributed by atoms with van der Waals surface area (Å²) in [5.74, 6) is -0.761. The number of H-pyrrole nitrogens is 1. The Bertz CT molecular complexity index is 932. The van der Waals surface area contributed by atoms with Gasteiger partial charge in [-0.3, -0.25) is 9.59 Å². The van der Waals surface area contributed by atoms with Crippen molar-refractivity contribution in [1.29, 1.82) is 0 Å². The molecular weight excluding hydrogens is 344 g/mol. The van der Waals surface area contributed by atoms with Gasteiger partial charge in [0.1, 0.15) is 5.75 Å². The zero-order valence-corrected chi connectivity index (χ0v) is 14.9. The summed E-state index contributed by atoms with van der Waals surface area (Å²) in [7, 11) is -1.61. The van der Waals surface area contributed by atoms with Crippen LogP contribution < -0.4 is 4.74 Å². The van der Waals surface area contributed by atoms with Gasteiger partial charge < -0.3 is 14.6 Å². The minimum absolute atomic E-state index is 0.0555. The number of likely N-dealkylation sites (N-methyl/N-ethyl adjacent to an activating group) is 1. The van der Waals surface area contributed by atoms with Crippen LogP contribution in [-0.2, 0) is 14.6 Å². The van der Waals surface area contributed by atoms with Crippen LogP contribution in [0.5, 0.6) is 5.75 Å². The molecule has 1 aromatic heterocycles. The molecule has 0 saturated carbocycles. The number of ether oxygens (including phenoxy) is 1. The number of fused-ring (bicyclic) bond motifs is 1. The Balaban J connectivity index is 1.90. The fourth-order valence-corrected chi connectivity index (χ4v) is 4.98. The number of nitrogens with zero attached hydrogens (tertiary/aromatic N) is 1. The van der Waals surface area contributed by atoms with Gasteiger partial charge in [-0.05, 0) is 31.5 Å². The lowest BCUT2D eigenvalue weighted by molar-refractivity contribution is -0.128. The molecule has 3 rings (SSSR count). The van der Waals surface area contributed by atoms with E-state index >= 15 is 0 Å². The molecule has 7 nitrogen and oxygen atoms in total. The van der Waals surface area contributed by atoms with Crippen molar-refractivity contribution in [3.63, 3.8) is 0 Å². The van der Waals surface area contributed by atoms with Crippen molar-refractivity contribution in [1.82, 2.24) is 9.88 Å². The van der Waals surface area contributed by atoms with Crippen LogP contribution in [0.25, 0.3) is 10.9 Å². The molecule has 25 heavy (non-hydrogen) atoms. The molecule has 1 atom stereocenters. The molecule has 1 N–H and O–H groups in total. The Labute approximate surface area is 145 Å². The summed E-state index contributed by atoms with van der Waals surface area (Å²) < 4.78 is 28.5. The maximum atomic E-state index is 12.7. The highest BCUT2D eigenvalue weighted by Gasteiger charge is 2.36. The Kier molecular flexibility index (Phi) is 4.55. The van der Waals surface area contributed by atoms with Crippen molar-refractivity contribution < 1.29 is 22.7 Å². The average molecular weight is 364 g/mol. The fourth-order valence-electron chi connectivity index (χ4n) is 3.25. The zero-order valence-electron chi connectivity index (χ0n) is 14.1. The Morgan fingerprint density at radius 1 is 1.36 bits per heavy atom. The third kappa shape index (κ3) is 3.26. The maximum Gasteiger partial charge on any atom is 0.295 e. The summed E-state index contributed by atoms with van der Waals surface area (Å²) in [6.07, 6.45) is 1.88. The van der Waals surface area contributed by atoms with Crippen LogP contribution in [0.1, 0.15) is 23.7 Å². The van der Waals surface area contributed by atoms with Crippen molar-refractivity contribution in [3.8, 4) is 5.75 Å². The van der Waals surface area contributed by atoms with E-state index in [2.05, 4.69) is 4.98 Å². The molecule has 1 unspecified atom stereocenters. The number of carbonyl (C=O) groups is 2. The second-order valence-corrected chi connectivity index (χ2v) is 8.32. The number of aromatic amines is 1. The van der Waals surface area contributed by atoms with Crippen LogP contribution in [0.2, 0.25) is 0 Å². The third-order valence-electron chi connectivity index (χ3n) is 4.58. The lowest BCUT2D eigenvalue weighted by Gasteiger charge is -2.25. The summed E-state index contributed by atoms with van der Waals surface area (Å²) >= 11 is 0. The highest BCUT2D eigenvalue weighted by molar-refractivity contribution is 7.91. The van der Waals surface area contributed by atoms with Crippen LogP contribution in [-0.4, -0.2) is 61.2 Å². The second kappa shape index (κ2) is 6.51. The largest absolute Gasteiger partial charge is 0.497 e. The number of aromatic nitrogens is 1. The summed E-state index contributed by atoms with van der Waals surface area (Å²) in [5, 5.41) is 0.604. The predicted molar refractivity (Wildman–Crippen MR) is 93.6 cm³/mol. The lowest BCUT2D eigenvalue weighted by atomic mass is 10.1. The normalized spacial score (nSPS) is 19.0. The molecule has 1 aromatic carbocycles. The topological polar surface area (TPSA) is 96.5 Å². The average Bonchev–Trinajstić information content (AvgIpc) is 3.17. The zero-order chi connectivity index (χ0) is 18.2. The fraction of sp³-hybridized carbons (Fsp3) is 0.412. The van der Waals surface area contributed by atoms with Crippen molar-refractivity contribution in [2.24, 2.45) is 0 Å². The predicted octanol–water partition coefficient (Wildman–Crippen LogP) is 1.39.